The van der Waals surface area contributed by atoms with Crippen molar-refractivity contribution in [1.29, 1.82) is 0 Å². The second kappa shape index (κ2) is 7.93. The lowest BCUT2D eigenvalue weighted by atomic mass is 10.1. The number of amides is 2. The molecule has 114 valence electrons. The quantitative estimate of drug-likeness (QED) is 0.856. The lowest BCUT2D eigenvalue weighted by Crippen LogP contribution is -2.37. The van der Waals surface area contributed by atoms with Crippen LogP contribution in [0.1, 0.15) is 15.9 Å². The predicted molar refractivity (Wildman–Crippen MR) is 81.9 cm³/mol. The molecule has 0 aromatic heterocycles. The van der Waals surface area contributed by atoms with Crippen molar-refractivity contribution in [1.82, 2.24) is 10.6 Å². The molecule has 22 heavy (non-hydrogen) atoms. The molecule has 0 atom stereocenters. The van der Waals surface area contributed by atoms with Crippen molar-refractivity contribution in [3.05, 3.63) is 71.5 Å². The smallest absolute Gasteiger partial charge is 0.254 e. The summed E-state index contributed by atoms with van der Waals surface area (Å²) in [6.07, 6.45) is 0.716. The van der Waals surface area contributed by atoms with E-state index in [9.17, 15) is 14.0 Å². The SMILES string of the molecule is O=C(CNC(=O)c1ccccc1F)NCCc1ccccc1. The molecule has 0 saturated carbocycles. The number of benzene rings is 2. The third-order valence-corrected chi connectivity index (χ3v) is 3.11. The molecule has 0 radical (unpaired) electrons. The molecule has 4 nitrogen and oxygen atoms in total. The Balaban J connectivity index is 1.72. The van der Waals surface area contributed by atoms with Gasteiger partial charge in [0.1, 0.15) is 5.82 Å². The van der Waals surface area contributed by atoms with Crippen LogP contribution in [0.2, 0.25) is 0 Å². The summed E-state index contributed by atoms with van der Waals surface area (Å²) in [5.74, 6) is -1.51. The first kappa shape index (κ1) is 15.7. The fourth-order valence-electron chi connectivity index (χ4n) is 1.95. The van der Waals surface area contributed by atoms with Gasteiger partial charge in [-0.1, -0.05) is 42.5 Å². The van der Waals surface area contributed by atoms with E-state index in [4.69, 9.17) is 0 Å². The number of carbonyl (C=O) groups excluding carboxylic acids is 2. The van der Waals surface area contributed by atoms with Crippen LogP contribution in [0, 0.1) is 5.82 Å². The van der Waals surface area contributed by atoms with Gasteiger partial charge in [-0.15, -0.1) is 0 Å². The molecule has 0 aliphatic rings. The van der Waals surface area contributed by atoms with Crippen molar-refractivity contribution in [3.63, 3.8) is 0 Å². The highest BCUT2D eigenvalue weighted by molar-refractivity contribution is 5.96. The Bertz CT molecular complexity index is 644. The molecule has 0 saturated heterocycles. The van der Waals surface area contributed by atoms with Crippen molar-refractivity contribution in [3.8, 4) is 0 Å². The zero-order chi connectivity index (χ0) is 15.8. The van der Waals surface area contributed by atoms with Crippen molar-refractivity contribution in [2.45, 2.75) is 6.42 Å². The second-order valence-corrected chi connectivity index (χ2v) is 4.75. The molecule has 0 aliphatic carbocycles. The average Bonchev–Trinajstić information content (AvgIpc) is 2.54. The predicted octanol–water partition coefficient (Wildman–Crippen LogP) is 1.91. The van der Waals surface area contributed by atoms with Crippen LogP contribution in [0.15, 0.2) is 54.6 Å². The zero-order valence-corrected chi connectivity index (χ0v) is 12.0. The number of rotatable bonds is 6. The van der Waals surface area contributed by atoms with E-state index < -0.39 is 11.7 Å². The van der Waals surface area contributed by atoms with Gasteiger partial charge in [-0.2, -0.15) is 0 Å². The third-order valence-electron chi connectivity index (χ3n) is 3.11. The lowest BCUT2D eigenvalue weighted by molar-refractivity contribution is -0.120. The second-order valence-electron chi connectivity index (χ2n) is 4.75. The molecule has 2 amide bonds. The first-order valence-electron chi connectivity index (χ1n) is 7.00. The number of hydrogen-bond donors (Lipinski definition) is 2. The summed E-state index contributed by atoms with van der Waals surface area (Å²) < 4.78 is 13.4. The summed E-state index contributed by atoms with van der Waals surface area (Å²) in [7, 11) is 0. The molecule has 0 bridgehead atoms. The van der Waals surface area contributed by atoms with Crippen LogP contribution in [0.4, 0.5) is 4.39 Å². The number of halogens is 1. The molecule has 0 heterocycles. The fourth-order valence-corrected chi connectivity index (χ4v) is 1.95. The molecule has 0 unspecified atom stereocenters. The van der Waals surface area contributed by atoms with E-state index in [1.165, 1.54) is 18.2 Å². The molecule has 2 N–H and O–H groups in total. The van der Waals surface area contributed by atoms with E-state index in [0.29, 0.717) is 13.0 Å². The van der Waals surface area contributed by atoms with Gasteiger partial charge in [0.05, 0.1) is 12.1 Å². The molecular weight excluding hydrogens is 283 g/mol. The highest BCUT2D eigenvalue weighted by Gasteiger charge is 2.11. The van der Waals surface area contributed by atoms with Crippen molar-refractivity contribution in [2.75, 3.05) is 13.1 Å². The van der Waals surface area contributed by atoms with Gasteiger partial charge in [-0.05, 0) is 24.1 Å². The largest absolute Gasteiger partial charge is 0.354 e. The minimum absolute atomic E-state index is 0.0698. The summed E-state index contributed by atoms with van der Waals surface area (Å²) in [4.78, 5) is 23.4. The van der Waals surface area contributed by atoms with Gasteiger partial charge in [-0.3, -0.25) is 9.59 Å². The van der Waals surface area contributed by atoms with Crippen molar-refractivity contribution >= 4 is 11.8 Å². The maximum absolute atomic E-state index is 13.4. The van der Waals surface area contributed by atoms with E-state index in [1.807, 2.05) is 30.3 Å². The van der Waals surface area contributed by atoms with Gasteiger partial charge in [0.2, 0.25) is 5.91 Å². The summed E-state index contributed by atoms with van der Waals surface area (Å²) in [6, 6.07) is 15.4. The standard InChI is InChI=1S/C17H17FN2O2/c18-15-9-5-4-8-14(15)17(22)20-12-16(21)19-11-10-13-6-2-1-3-7-13/h1-9H,10-12H2,(H,19,21)(H,20,22). The molecular formula is C17H17FN2O2. The normalized spacial score (nSPS) is 10.0. The Morgan fingerprint density at radius 2 is 1.59 bits per heavy atom. The molecule has 0 spiro atoms. The molecule has 2 aromatic carbocycles. The molecule has 5 heteroatoms. The zero-order valence-electron chi connectivity index (χ0n) is 12.0. The molecule has 0 aliphatic heterocycles. The van der Waals surface area contributed by atoms with Crippen LogP contribution in [-0.4, -0.2) is 24.9 Å². The minimum Gasteiger partial charge on any atom is -0.354 e. The number of carbonyl (C=O) groups is 2. The van der Waals surface area contributed by atoms with Gasteiger partial charge in [0.25, 0.3) is 5.91 Å². The van der Waals surface area contributed by atoms with E-state index in [1.54, 1.807) is 6.07 Å². The van der Waals surface area contributed by atoms with E-state index in [2.05, 4.69) is 10.6 Å². The maximum atomic E-state index is 13.4. The highest BCUT2D eigenvalue weighted by atomic mass is 19.1. The molecule has 2 rings (SSSR count). The van der Waals surface area contributed by atoms with Crippen LogP contribution < -0.4 is 10.6 Å². The van der Waals surface area contributed by atoms with Crippen molar-refractivity contribution < 1.29 is 14.0 Å². The minimum atomic E-state index is -0.607. The van der Waals surface area contributed by atoms with E-state index >= 15 is 0 Å². The van der Waals surface area contributed by atoms with Crippen LogP contribution in [0.25, 0.3) is 0 Å². The summed E-state index contributed by atoms with van der Waals surface area (Å²) in [5.41, 5.74) is 1.05. The number of nitrogens with one attached hydrogen (secondary N) is 2. The van der Waals surface area contributed by atoms with Gasteiger partial charge in [0, 0.05) is 6.54 Å². The summed E-state index contributed by atoms with van der Waals surface area (Å²) >= 11 is 0. The van der Waals surface area contributed by atoms with Gasteiger partial charge >= 0.3 is 0 Å². The van der Waals surface area contributed by atoms with Crippen LogP contribution in [-0.2, 0) is 11.2 Å². The van der Waals surface area contributed by atoms with E-state index in [0.717, 1.165) is 5.56 Å². The first-order chi connectivity index (χ1) is 10.7. The topological polar surface area (TPSA) is 58.2 Å². The van der Waals surface area contributed by atoms with Gasteiger partial charge in [0.15, 0.2) is 0 Å². The Labute approximate surface area is 128 Å². The summed E-state index contributed by atoms with van der Waals surface area (Å²) in [5, 5.41) is 5.10. The van der Waals surface area contributed by atoms with Gasteiger partial charge < -0.3 is 10.6 Å². The molecule has 0 fully saturated rings. The Kier molecular flexibility index (Phi) is 5.65. The van der Waals surface area contributed by atoms with Crippen molar-refractivity contribution in [2.24, 2.45) is 0 Å². The van der Waals surface area contributed by atoms with Crippen LogP contribution in [0.3, 0.4) is 0 Å². The Morgan fingerprint density at radius 3 is 2.32 bits per heavy atom. The first-order valence-corrected chi connectivity index (χ1v) is 7.00. The van der Waals surface area contributed by atoms with Gasteiger partial charge in [-0.25, -0.2) is 4.39 Å². The monoisotopic (exact) mass is 300 g/mol. The van der Waals surface area contributed by atoms with E-state index in [-0.39, 0.29) is 18.0 Å². The number of hydrogen-bond acceptors (Lipinski definition) is 2. The average molecular weight is 300 g/mol. The third kappa shape index (κ3) is 4.70. The lowest BCUT2D eigenvalue weighted by Gasteiger charge is -2.07. The fraction of sp³-hybridized carbons (Fsp3) is 0.176. The van der Waals surface area contributed by atoms with Crippen LogP contribution in [0.5, 0.6) is 0 Å². The highest BCUT2D eigenvalue weighted by Crippen LogP contribution is 2.05. The van der Waals surface area contributed by atoms with Crippen LogP contribution >= 0.6 is 0 Å². The maximum Gasteiger partial charge on any atom is 0.254 e. The summed E-state index contributed by atoms with van der Waals surface area (Å²) in [6.45, 7) is 0.306. The Hall–Kier alpha value is -2.69. The Morgan fingerprint density at radius 1 is 0.909 bits per heavy atom. The molecule has 2 aromatic rings.